The maximum Gasteiger partial charge on any atom is 0.141 e. The zero-order valence-corrected chi connectivity index (χ0v) is 18.5. The summed E-state index contributed by atoms with van der Waals surface area (Å²) >= 11 is 0. The Labute approximate surface area is 188 Å². The van der Waals surface area contributed by atoms with Crippen molar-refractivity contribution in [1.82, 2.24) is 0 Å². The molecule has 0 spiro atoms. The smallest absolute Gasteiger partial charge is 0.141 e. The van der Waals surface area contributed by atoms with E-state index in [0.717, 1.165) is 57.4 Å². The third kappa shape index (κ3) is 5.63. The lowest BCUT2D eigenvalue weighted by atomic mass is 9.96. The summed E-state index contributed by atoms with van der Waals surface area (Å²) in [6, 6.07) is 21.8. The van der Waals surface area contributed by atoms with Gasteiger partial charge in [0.15, 0.2) is 0 Å². The molecule has 4 aromatic rings. The standard InChI is InChI=1S/C24H21NO3.C3H8O/c25-15-20-6-1-3-7-21(20)22-14-17(13-19-10-12-27-24(19)22)16-28-23-8-4-2-5-18(23)9-11-26;1-3-4-2/h1-8,10-14H,9,15-16,25H2;3H2,1-2H3. The van der Waals surface area contributed by atoms with Crippen LogP contribution in [0.5, 0.6) is 5.75 Å². The molecule has 5 nitrogen and oxygen atoms in total. The molecule has 3 aromatic carbocycles. The zero-order valence-electron chi connectivity index (χ0n) is 18.5. The normalized spacial score (nSPS) is 10.5. The van der Waals surface area contributed by atoms with E-state index in [2.05, 4.69) is 22.9 Å². The molecule has 166 valence electrons. The first-order chi connectivity index (χ1) is 15.7. The van der Waals surface area contributed by atoms with Crippen LogP contribution in [0.25, 0.3) is 22.1 Å². The van der Waals surface area contributed by atoms with Gasteiger partial charge in [-0.1, -0.05) is 42.5 Å². The lowest BCUT2D eigenvalue weighted by Crippen LogP contribution is -2.01. The van der Waals surface area contributed by atoms with Crippen molar-refractivity contribution >= 4 is 17.3 Å². The number of carbonyl (C=O) groups is 1. The lowest BCUT2D eigenvalue weighted by molar-refractivity contribution is -0.107. The molecule has 0 saturated carbocycles. The molecule has 0 amide bonds. The van der Waals surface area contributed by atoms with Crippen molar-refractivity contribution in [1.29, 1.82) is 0 Å². The van der Waals surface area contributed by atoms with E-state index in [9.17, 15) is 4.79 Å². The number of ether oxygens (including phenoxy) is 2. The highest BCUT2D eigenvalue weighted by Crippen LogP contribution is 2.33. The lowest BCUT2D eigenvalue weighted by Gasteiger charge is -2.13. The Morgan fingerprint density at radius 2 is 1.69 bits per heavy atom. The van der Waals surface area contributed by atoms with Crippen molar-refractivity contribution in [2.24, 2.45) is 5.73 Å². The Hall–Kier alpha value is -3.41. The molecule has 0 aliphatic rings. The number of rotatable bonds is 8. The molecule has 1 aromatic heterocycles. The number of benzene rings is 3. The quantitative estimate of drug-likeness (QED) is 0.371. The Bertz CT molecular complexity index is 1150. The maximum atomic E-state index is 10.9. The Morgan fingerprint density at radius 3 is 2.41 bits per heavy atom. The highest BCUT2D eigenvalue weighted by molar-refractivity contribution is 5.94. The average Bonchev–Trinajstić information content (AvgIpc) is 3.32. The van der Waals surface area contributed by atoms with E-state index in [1.807, 2.05) is 55.5 Å². The SMILES string of the molecule is CCOC.NCc1ccccc1-c1cc(COc2ccccc2CC=O)cc2ccoc12. The minimum absolute atomic E-state index is 0.339. The molecule has 0 unspecified atom stereocenters. The first kappa shape index (κ1) is 23.3. The number of methoxy groups -OCH3 is 1. The van der Waals surface area contributed by atoms with Gasteiger partial charge >= 0.3 is 0 Å². The number of fused-ring (bicyclic) bond motifs is 1. The Balaban J connectivity index is 0.000000668. The first-order valence-electron chi connectivity index (χ1n) is 10.6. The molecule has 0 radical (unpaired) electrons. The minimum Gasteiger partial charge on any atom is -0.489 e. The molecule has 0 aliphatic heterocycles. The van der Waals surface area contributed by atoms with E-state index < -0.39 is 0 Å². The third-order valence-electron chi connectivity index (χ3n) is 5.10. The van der Waals surface area contributed by atoms with Crippen molar-refractivity contribution in [3.8, 4) is 16.9 Å². The fourth-order valence-corrected chi connectivity index (χ4v) is 3.45. The van der Waals surface area contributed by atoms with E-state index in [0.29, 0.717) is 19.6 Å². The van der Waals surface area contributed by atoms with Crippen LogP contribution < -0.4 is 10.5 Å². The molecule has 0 saturated heterocycles. The molecule has 4 rings (SSSR count). The zero-order chi connectivity index (χ0) is 22.8. The van der Waals surface area contributed by atoms with E-state index in [1.165, 1.54) is 0 Å². The van der Waals surface area contributed by atoms with Crippen molar-refractivity contribution in [3.05, 3.63) is 89.7 Å². The highest BCUT2D eigenvalue weighted by Gasteiger charge is 2.13. The number of hydrogen-bond acceptors (Lipinski definition) is 5. The number of nitrogens with two attached hydrogens (primary N) is 1. The van der Waals surface area contributed by atoms with Gasteiger partial charge in [-0.15, -0.1) is 0 Å². The third-order valence-corrected chi connectivity index (χ3v) is 5.10. The molecule has 1 heterocycles. The molecule has 0 bridgehead atoms. The second-order valence-corrected chi connectivity index (χ2v) is 7.19. The van der Waals surface area contributed by atoms with Crippen molar-refractivity contribution in [2.75, 3.05) is 13.7 Å². The van der Waals surface area contributed by atoms with Crippen LogP contribution in [0.3, 0.4) is 0 Å². The number of aldehydes is 1. The van der Waals surface area contributed by atoms with Gasteiger partial charge in [0.2, 0.25) is 0 Å². The first-order valence-corrected chi connectivity index (χ1v) is 10.6. The van der Waals surface area contributed by atoms with Crippen LogP contribution >= 0.6 is 0 Å². The van der Waals surface area contributed by atoms with Gasteiger partial charge in [-0.25, -0.2) is 0 Å². The summed E-state index contributed by atoms with van der Waals surface area (Å²) in [5, 5.41) is 1.02. The minimum atomic E-state index is 0.339. The molecule has 32 heavy (non-hydrogen) atoms. The molecule has 5 heteroatoms. The molecular weight excluding hydrogens is 402 g/mol. The van der Waals surface area contributed by atoms with Gasteiger partial charge in [-0.05, 0) is 47.9 Å². The summed E-state index contributed by atoms with van der Waals surface area (Å²) in [6.45, 7) is 3.63. The van der Waals surface area contributed by atoms with Crippen LogP contribution in [0.2, 0.25) is 0 Å². The fourth-order valence-electron chi connectivity index (χ4n) is 3.45. The summed E-state index contributed by atoms with van der Waals surface area (Å²) < 4.78 is 16.3. The van der Waals surface area contributed by atoms with Crippen LogP contribution in [-0.4, -0.2) is 20.0 Å². The fraction of sp³-hybridized carbons (Fsp3) is 0.222. The summed E-state index contributed by atoms with van der Waals surface area (Å²) in [6.07, 6.45) is 2.93. The van der Waals surface area contributed by atoms with E-state index in [1.54, 1.807) is 13.4 Å². The largest absolute Gasteiger partial charge is 0.489 e. The van der Waals surface area contributed by atoms with Gasteiger partial charge in [0, 0.05) is 43.2 Å². The topological polar surface area (TPSA) is 74.7 Å². The molecule has 0 fully saturated rings. The number of furan rings is 1. The van der Waals surface area contributed by atoms with Crippen LogP contribution in [0.1, 0.15) is 23.6 Å². The highest BCUT2D eigenvalue weighted by atomic mass is 16.5. The predicted octanol–water partition coefficient (Wildman–Crippen LogP) is 5.53. The molecule has 2 N–H and O–H groups in total. The second kappa shape index (κ2) is 11.8. The van der Waals surface area contributed by atoms with Crippen LogP contribution in [0.15, 0.2) is 77.4 Å². The second-order valence-electron chi connectivity index (χ2n) is 7.19. The van der Waals surface area contributed by atoms with Crippen LogP contribution in [0.4, 0.5) is 0 Å². The summed E-state index contributed by atoms with van der Waals surface area (Å²) in [5.74, 6) is 0.728. The van der Waals surface area contributed by atoms with E-state index >= 15 is 0 Å². The maximum absolute atomic E-state index is 10.9. The summed E-state index contributed by atoms with van der Waals surface area (Å²) in [5.41, 5.74) is 11.8. The van der Waals surface area contributed by atoms with Gasteiger partial charge in [0.05, 0.1) is 6.26 Å². The van der Waals surface area contributed by atoms with E-state index in [-0.39, 0.29) is 0 Å². The van der Waals surface area contributed by atoms with Gasteiger partial charge in [-0.2, -0.15) is 0 Å². The molecular formula is C27H29NO4. The Morgan fingerprint density at radius 1 is 0.969 bits per heavy atom. The molecule has 0 atom stereocenters. The van der Waals surface area contributed by atoms with Crippen LogP contribution in [0, 0.1) is 0 Å². The number of hydrogen-bond donors (Lipinski definition) is 1. The average molecular weight is 432 g/mol. The van der Waals surface area contributed by atoms with Gasteiger partial charge in [-0.3, -0.25) is 0 Å². The summed E-state index contributed by atoms with van der Waals surface area (Å²) in [4.78, 5) is 10.9. The summed E-state index contributed by atoms with van der Waals surface area (Å²) in [7, 11) is 1.68. The van der Waals surface area contributed by atoms with Gasteiger partial charge in [0.25, 0.3) is 0 Å². The van der Waals surface area contributed by atoms with Gasteiger partial charge < -0.3 is 24.4 Å². The Kier molecular flexibility index (Phi) is 8.61. The number of carbonyl (C=O) groups excluding carboxylic acids is 1. The predicted molar refractivity (Wildman–Crippen MR) is 128 cm³/mol. The number of para-hydroxylation sites is 1. The van der Waals surface area contributed by atoms with Gasteiger partial charge in [0.1, 0.15) is 24.2 Å². The van der Waals surface area contributed by atoms with E-state index in [4.69, 9.17) is 14.9 Å². The van der Waals surface area contributed by atoms with Crippen molar-refractivity contribution < 1.29 is 18.7 Å². The molecule has 0 aliphatic carbocycles. The monoisotopic (exact) mass is 431 g/mol. The van der Waals surface area contributed by atoms with Crippen LogP contribution in [-0.2, 0) is 29.1 Å². The van der Waals surface area contributed by atoms with Crippen molar-refractivity contribution in [3.63, 3.8) is 0 Å². The van der Waals surface area contributed by atoms with Crippen molar-refractivity contribution in [2.45, 2.75) is 26.5 Å².